The van der Waals surface area contributed by atoms with Crippen LogP contribution in [0.15, 0.2) is 12.1 Å². The molecule has 1 atom stereocenters. The van der Waals surface area contributed by atoms with Crippen molar-refractivity contribution >= 4 is 17.3 Å². The lowest BCUT2D eigenvalue weighted by molar-refractivity contribution is 0.252. The molecule has 1 fully saturated rings. The third-order valence-electron chi connectivity index (χ3n) is 4.74. The number of fused-ring (bicyclic) bond motifs is 1. The van der Waals surface area contributed by atoms with E-state index in [0.29, 0.717) is 0 Å². The zero-order chi connectivity index (χ0) is 12.5. The first-order chi connectivity index (χ1) is 8.74. The molecular weight excluding hydrogens is 242 g/mol. The Kier molecular flexibility index (Phi) is 3.52. The minimum atomic E-state index is 0.832. The number of rotatable bonds is 1. The molecule has 0 radical (unpaired) electrons. The summed E-state index contributed by atoms with van der Waals surface area (Å²) < 4.78 is 0. The van der Waals surface area contributed by atoms with Crippen molar-refractivity contribution in [3.05, 3.63) is 28.3 Å². The Labute approximate surface area is 115 Å². The van der Waals surface area contributed by atoms with Crippen LogP contribution < -0.4 is 5.32 Å². The molecule has 1 heterocycles. The molecule has 0 spiro atoms. The maximum atomic E-state index is 6.19. The van der Waals surface area contributed by atoms with Gasteiger partial charge in [0.15, 0.2) is 0 Å². The Bertz CT molecular complexity index is 435. The van der Waals surface area contributed by atoms with Gasteiger partial charge in [-0.25, -0.2) is 0 Å². The van der Waals surface area contributed by atoms with E-state index in [1.165, 1.54) is 55.3 Å². The monoisotopic (exact) mass is 263 g/mol. The van der Waals surface area contributed by atoms with Gasteiger partial charge in [0.2, 0.25) is 0 Å². The lowest BCUT2D eigenvalue weighted by Gasteiger charge is -2.34. The molecule has 98 valence electrons. The van der Waals surface area contributed by atoms with Crippen LogP contribution in [-0.2, 0) is 6.42 Å². The molecule has 1 aromatic rings. The third kappa shape index (κ3) is 2.38. The fourth-order valence-corrected chi connectivity index (χ4v) is 3.77. The number of hydrogen-bond acceptors (Lipinski definition) is 1. The van der Waals surface area contributed by atoms with Crippen LogP contribution in [0.3, 0.4) is 0 Å². The van der Waals surface area contributed by atoms with Gasteiger partial charge in [-0.2, -0.15) is 0 Å². The van der Waals surface area contributed by atoms with E-state index >= 15 is 0 Å². The number of halogens is 1. The second-order valence-corrected chi connectivity index (χ2v) is 6.41. The molecule has 1 aliphatic heterocycles. The van der Waals surface area contributed by atoms with E-state index in [0.717, 1.165) is 23.4 Å². The zero-order valence-electron chi connectivity index (χ0n) is 11.1. The third-order valence-corrected chi connectivity index (χ3v) is 5.14. The molecule has 1 aromatic carbocycles. The number of benzene rings is 1. The summed E-state index contributed by atoms with van der Waals surface area (Å²) in [6, 6.07) is 4.38. The van der Waals surface area contributed by atoms with E-state index < -0.39 is 0 Å². The van der Waals surface area contributed by atoms with E-state index in [2.05, 4.69) is 24.4 Å². The van der Waals surface area contributed by atoms with Gasteiger partial charge in [-0.3, -0.25) is 0 Å². The summed E-state index contributed by atoms with van der Waals surface area (Å²) in [5.41, 5.74) is 3.94. The Morgan fingerprint density at radius 2 is 1.89 bits per heavy atom. The first-order valence-electron chi connectivity index (χ1n) is 7.27. The fourth-order valence-electron chi connectivity index (χ4n) is 3.61. The average Bonchev–Trinajstić information content (AvgIpc) is 2.41. The Balaban J connectivity index is 1.77. The predicted molar refractivity (Wildman–Crippen MR) is 78.4 cm³/mol. The number of anilines is 1. The molecule has 18 heavy (non-hydrogen) atoms. The standard InChI is InChI=1S/C16H22ClN/c1-11-7-13-8-14(12-5-3-2-4-6-12)10-18-16(13)9-15(11)17/h7,9,12,14,18H,2-6,8,10H2,1H3. The van der Waals surface area contributed by atoms with Crippen LogP contribution in [0.5, 0.6) is 0 Å². The predicted octanol–water partition coefficient (Wildman–Crippen LogP) is 4.81. The highest BCUT2D eigenvalue weighted by atomic mass is 35.5. The second kappa shape index (κ2) is 5.13. The summed E-state index contributed by atoms with van der Waals surface area (Å²) in [6.07, 6.45) is 8.44. The SMILES string of the molecule is Cc1cc2c(cc1Cl)NCC(C1CCCCC1)C2. The van der Waals surface area contributed by atoms with Crippen molar-refractivity contribution in [2.45, 2.75) is 45.4 Å². The van der Waals surface area contributed by atoms with Gasteiger partial charge in [0, 0.05) is 17.3 Å². The van der Waals surface area contributed by atoms with E-state index in [1.54, 1.807) is 0 Å². The highest BCUT2D eigenvalue weighted by Gasteiger charge is 2.27. The van der Waals surface area contributed by atoms with E-state index in [9.17, 15) is 0 Å². The first kappa shape index (κ1) is 12.3. The van der Waals surface area contributed by atoms with Crippen LogP contribution in [-0.4, -0.2) is 6.54 Å². The van der Waals surface area contributed by atoms with Gasteiger partial charge < -0.3 is 5.32 Å². The van der Waals surface area contributed by atoms with Crippen LogP contribution >= 0.6 is 11.6 Å². The molecule has 0 bridgehead atoms. The van der Waals surface area contributed by atoms with Crippen molar-refractivity contribution in [3.8, 4) is 0 Å². The van der Waals surface area contributed by atoms with Crippen molar-refractivity contribution in [1.29, 1.82) is 0 Å². The largest absolute Gasteiger partial charge is 0.384 e. The van der Waals surface area contributed by atoms with E-state index in [4.69, 9.17) is 11.6 Å². The van der Waals surface area contributed by atoms with Crippen molar-refractivity contribution < 1.29 is 0 Å². The summed E-state index contributed by atoms with van der Waals surface area (Å²) >= 11 is 6.19. The van der Waals surface area contributed by atoms with Gasteiger partial charge >= 0.3 is 0 Å². The van der Waals surface area contributed by atoms with Crippen LogP contribution in [0.2, 0.25) is 5.02 Å². The summed E-state index contributed by atoms with van der Waals surface area (Å²) in [5.74, 6) is 1.77. The lowest BCUT2D eigenvalue weighted by atomic mass is 9.76. The number of hydrogen-bond donors (Lipinski definition) is 1. The molecule has 1 unspecified atom stereocenters. The van der Waals surface area contributed by atoms with Gasteiger partial charge in [0.25, 0.3) is 0 Å². The summed E-state index contributed by atoms with van der Waals surface area (Å²) in [7, 11) is 0. The van der Waals surface area contributed by atoms with Crippen molar-refractivity contribution in [3.63, 3.8) is 0 Å². The number of aryl methyl sites for hydroxylation is 1. The molecule has 1 N–H and O–H groups in total. The molecule has 2 heteroatoms. The minimum absolute atomic E-state index is 0.832. The topological polar surface area (TPSA) is 12.0 Å². The quantitative estimate of drug-likeness (QED) is 0.767. The smallest absolute Gasteiger partial charge is 0.0455 e. The van der Waals surface area contributed by atoms with E-state index in [-0.39, 0.29) is 0 Å². The normalized spacial score (nSPS) is 24.4. The van der Waals surface area contributed by atoms with Crippen molar-refractivity contribution in [2.24, 2.45) is 11.8 Å². The molecule has 0 amide bonds. The molecule has 1 nitrogen and oxygen atoms in total. The Morgan fingerprint density at radius 3 is 2.67 bits per heavy atom. The molecule has 0 saturated heterocycles. The van der Waals surface area contributed by atoms with E-state index in [1.807, 2.05) is 0 Å². The van der Waals surface area contributed by atoms with Crippen molar-refractivity contribution in [2.75, 3.05) is 11.9 Å². The first-order valence-corrected chi connectivity index (χ1v) is 7.65. The van der Waals surface area contributed by atoms with Crippen LogP contribution in [0.25, 0.3) is 0 Å². The zero-order valence-corrected chi connectivity index (χ0v) is 11.9. The summed E-state index contributed by atoms with van der Waals surface area (Å²) in [4.78, 5) is 0. The van der Waals surface area contributed by atoms with Crippen molar-refractivity contribution in [1.82, 2.24) is 0 Å². The molecule has 2 aliphatic rings. The second-order valence-electron chi connectivity index (χ2n) is 6.00. The molecule has 0 aromatic heterocycles. The summed E-state index contributed by atoms with van der Waals surface area (Å²) in [5, 5.41) is 4.48. The fraction of sp³-hybridized carbons (Fsp3) is 0.625. The van der Waals surface area contributed by atoms with Crippen LogP contribution in [0, 0.1) is 18.8 Å². The maximum Gasteiger partial charge on any atom is 0.0455 e. The van der Waals surface area contributed by atoms with Crippen LogP contribution in [0.4, 0.5) is 5.69 Å². The number of nitrogens with one attached hydrogen (secondary N) is 1. The highest BCUT2D eigenvalue weighted by molar-refractivity contribution is 6.31. The van der Waals surface area contributed by atoms with Gasteiger partial charge in [-0.05, 0) is 42.4 Å². The lowest BCUT2D eigenvalue weighted by Crippen LogP contribution is -2.30. The van der Waals surface area contributed by atoms with Gasteiger partial charge in [0.05, 0.1) is 0 Å². The molecule has 1 aliphatic carbocycles. The van der Waals surface area contributed by atoms with Crippen LogP contribution in [0.1, 0.15) is 43.2 Å². The average molecular weight is 264 g/mol. The van der Waals surface area contributed by atoms with Gasteiger partial charge in [0.1, 0.15) is 0 Å². The highest BCUT2D eigenvalue weighted by Crippen LogP contribution is 2.37. The maximum absolute atomic E-state index is 6.19. The molecular formula is C16H22ClN. The Hall–Kier alpha value is -0.690. The molecule has 1 saturated carbocycles. The Morgan fingerprint density at radius 1 is 1.11 bits per heavy atom. The van der Waals surface area contributed by atoms with Gasteiger partial charge in [-0.1, -0.05) is 49.8 Å². The minimum Gasteiger partial charge on any atom is -0.384 e. The van der Waals surface area contributed by atoms with Gasteiger partial charge in [-0.15, -0.1) is 0 Å². The summed E-state index contributed by atoms with van der Waals surface area (Å²) in [6.45, 7) is 3.24. The molecule has 3 rings (SSSR count).